The van der Waals surface area contributed by atoms with Gasteiger partial charge in [-0.2, -0.15) is 15.3 Å². The number of carbonyl (C=O) groups excluding carboxylic acids is 1. The quantitative estimate of drug-likeness (QED) is 0.745. The number of nitrogens with zero attached hydrogens (tertiary/aromatic N) is 6. The normalized spacial score (nSPS) is 11.0. The van der Waals surface area contributed by atoms with Gasteiger partial charge in [0, 0.05) is 37.6 Å². The van der Waals surface area contributed by atoms with Crippen LogP contribution in [-0.2, 0) is 24.9 Å². The van der Waals surface area contributed by atoms with Gasteiger partial charge in [0.15, 0.2) is 0 Å². The van der Waals surface area contributed by atoms with Crippen LogP contribution in [0.4, 0.5) is 5.82 Å². The molecule has 3 aromatic rings. The van der Waals surface area contributed by atoms with Crippen LogP contribution in [0.15, 0.2) is 24.5 Å². The van der Waals surface area contributed by atoms with E-state index in [1.54, 1.807) is 22.6 Å². The van der Waals surface area contributed by atoms with Crippen LogP contribution >= 0.6 is 0 Å². The minimum absolute atomic E-state index is 0.143. The minimum atomic E-state index is -0.143. The Morgan fingerprint density at radius 1 is 1.20 bits per heavy atom. The van der Waals surface area contributed by atoms with Crippen molar-refractivity contribution in [2.75, 3.05) is 5.32 Å². The number of amides is 1. The Kier molecular flexibility index (Phi) is 4.69. The molecule has 3 aromatic heterocycles. The molecule has 25 heavy (non-hydrogen) atoms. The van der Waals surface area contributed by atoms with Crippen molar-refractivity contribution >= 4 is 11.7 Å². The predicted octanol–water partition coefficient (Wildman–Crippen LogP) is 2.15. The zero-order chi connectivity index (χ0) is 18.0. The SMILES string of the molecule is CCCn1cc(-c2ccn(CC(=O)Nc3cc(C)nn3C)n2)c(C)n1. The number of hydrogen-bond acceptors (Lipinski definition) is 4. The van der Waals surface area contributed by atoms with Crippen molar-refractivity contribution in [3.8, 4) is 11.3 Å². The molecule has 0 fully saturated rings. The summed E-state index contributed by atoms with van der Waals surface area (Å²) >= 11 is 0. The van der Waals surface area contributed by atoms with Gasteiger partial charge in [0.25, 0.3) is 0 Å². The molecule has 0 aliphatic carbocycles. The molecule has 0 radical (unpaired) electrons. The fourth-order valence-electron chi connectivity index (χ4n) is 2.76. The molecule has 0 atom stereocenters. The number of rotatable bonds is 6. The van der Waals surface area contributed by atoms with Gasteiger partial charge in [-0.3, -0.25) is 18.8 Å². The van der Waals surface area contributed by atoms with E-state index in [-0.39, 0.29) is 12.5 Å². The second-order valence-electron chi connectivity index (χ2n) is 6.13. The fourth-order valence-corrected chi connectivity index (χ4v) is 2.76. The average molecular weight is 341 g/mol. The van der Waals surface area contributed by atoms with Crippen molar-refractivity contribution in [3.05, 3.63) is 35.9 Å². The Morgan fingerprint density at radius 3 is 2.68 bits per heavy atom. The second-order valence-corrected chi connectivity index (χ2v) is 6.13. The summed E-state index contributed by atoms with van der Waals surface area (Å²) in [4.78, 5) is 12.2. The maximum Gasteiger partial charge on any atom is 0.247 e. The fraction of sp³-hybridized carbons (Fsp3) is 0.412. The zero-order valence-corrected chi connectivity index (χ0v) is 15.0. The third-order valence-corrected chi connectivity index (χ3v) is 3.89. The average Bonchev–Trinajstić information content (AvgIpc) is 3.20. The Hall–Kier alpha value is -2.90. The molecule has 8 heteroatoms. The van der Waals surface area contributed by atoms with E-state index in [1.807, 2.05) is 36.9 Å². The summed E-state index contributed by atoms with van der Waals surface area (Å²) in [5.74, 6) is 0.530. The van der Waals surface area contributed by atoms with Gasteiger partial charge in [0.2, 0.25) is 5.91 Å². The van der Waals surface area contributed by atoms with E-state index in [4.69, 9.17) is 0 Å². The lowest BCUT2D eigenvalue weighted by molar-refractivity contribution is -0.116. The number of carbonyl (C=O) groups is 1. The smallest absolute Gasteiger partial charge is 0.247 e. The Balaban J connectivity index is 1.69. The van der Waals surface area contributed by atoms with Crippen molar-refractivity contribution in [1.29, 1.82) is 0 Å². The summed E-state index contributed by atoms with van der Waals surface area (Å²) < 4.78 is 5.21. The molecule has 3 heterocycles. The molecular weight excluding hydrogens is 318 g/mol. The molecule has 0 unspecified atom stereocenters. The van der Waals surface area contributed by atoms with Gasteiger partial charge in [0.1, 0.15) is 12.4 Å². The predicted molar refractivity (Wildman–Crippen MR) is 95.1 cm³/mol. The summed E-state index contributed by atoms with van der Waals surface area (Å²) in [6.07, 6.45) is 4.84. The Labute approximate surface area is 146 Å². The molecule has 1 N–H and O–H groups in total. The van der Waals surface area contributed by atoms with Crippen LogP contribution in [0, 0.1) is 13.8 Å². The zero-order valence-electron chi connectivity index (χ0n) is 15.0. The van der Waals surface area contributed by atoms with Gasteiger partial charge in [-0.1, -0.05) is 6.92 Å². The van der Waals surface area contributed by atoms with Crippen LogP contribution in [0.2, 0.25) is 0 Å². The maximum absolute atomic E-state index is 12.2. The van der Waals surface area contributed by atoms with Gasteiger partial charge in [-0.15, -0.1) is 0 Å². The number of aryl methyl sites for hydroxylation is 4. The number of nitrogens with one attached hydrogen (secondary N) is 1. The van der Waals surface area contributed by atoms with E-state index in [0.717, 1.165) is 35.6 Å². The summed E-state index contributed by atoms with van der Waals surface area (Å²) in [5, 5.41) is 16.1. The molecule has 8 nitrogen and oxygen atoms in total. The van der Waals surface area contributed by atoms with Crippen LogP contribution in [0.25, 0.3) is 11.3 Å². The van der Waals surface area contributed by atoms with Gasteiger partial charge < -0.3 is 5.32 Å². The van der Waals surface area contributed by atoms with Crippen molar-refractivity contribution < 1.29 is 4.79 Å². The first-order valence-electron chi connectivity index (χ1n) is 8.34. The van der Waals surface area contributed by atoms with E-state index in [2.05, 4.69) is 27.5 Å². The standard InChI is InChI=1S/C17H23N7O/c1-5-7-23-10-14(13(3)20-23)15-6-8-24(21-15)11-17(25)18-16-9-12(2)19-22(16)4/h6,8-10H,5,7,11H2,1-4H3,(H,18,25). The van der Waals surface area contributed by atoms with Crippen molar-refractivity contribution in [2.24, 2.45) is 7.05 Å². The third-order valence-electron chi connectivity index (χ3n) is 3.89. The summed E-state index contributed by atoms with van der Waals surface area (Å²) in [6, 6.07) is 3.74. The molecule has 0 saturated heterocycles. The lowest BCUT2D eigenvalue weighted by atomic mass is 10.2. The molecule has 3 rings (SSSR count). The van der Waals surface area contributed by atoms with E-state index in [0.29, 0.717) is 5.82 Å². The first-order valence-corrected chi connectivity index (χ1v) is 8.34. The molecule has 0 aliphatic rings. The largest absolute Gasteiger partial charge is 0.309 e. The van der Waals surface area contributed by atoms with Crippen molar-refractivity contribution in [2.45, 2.75) is 40.3 Å². The van der Waals surface area contributed by atoms with E-state index in [1.165, 1.54) is 0 Å². The summed E-state index contributed by atoms with van der Waals surface area (Å²) in [6.45, 7) is 7.00. The molecular formula is C17H23N7O. The van der Waals surface area contributed by atoms with Crippen LogP contribution < -0.4 is 5.32 Å². The van der Waals surface area contributed by atoms with E-state index in [9.17, 15) is 4.79 Å². The van der Waals surface area contributed by atoms with E-state index < -0.39 is 0 Å². The number of anilines is 1. The monoisotopic (exact) mass is 341 g/mol. The first kappa shape index (κ1) is 16.9. The third kappa shape index (κ3) is 3.78. The highest BCUT2D eigenvalue weighted by Crippen LogP contribution is 2.20. The van der Waals surface area contributed by atoms with Crippen LogP contribution in [0.3, 0.4) is 0 Å². The maximum atomic E-state index is 12.2. The minimum Gasteiger partial charge on any atom is -0.309 e. The van der Waals surface area contributed by atoms with Crippen LogP contribution in [-0.4, -0.2) is 35.2 Å². The highest BCUT2D eigenvalue weighted by molar-refractivity contribution is 5.89. The van der Waals surface area contributed by atoms with Crippen molar-refractivity contribution in [1.82, 2.24) is 29.3 Å². The molecule has 0 aromatic carbocycles. The van der Waals surface area contributed by atoms with Gasteiger partial charge in [-0.25, -0.2) is 0 Å². The molecule has 132 valence electrons. The molecule has 0 bridgehead atoms. The van der Waals surface area contributed by atoms with E-state index >= 15 is 0 Å². The second kappa shape index (κ2) is 6.92. The first-order chi connectivity index (χ1) is 12.0. The highest BCUT2D eigenvalue weighted by Gasteiger charge is 2.12. The molecule has 0 aliphatic heterocycles. The van der Waals surface area contributed by atoms with Gasteiger partial charge in [0.05, 0.1) is 17.1 Å². The summed E-state index contributed by atoms with van der Waals surface area (Å²) in [7, 11) is 1.80. The molecule has 1 amide bonds. The number of aromatic nitrogens is 6. The lowest BCUT2D eigenvalue weighted by Crippen LogP contribution is -2.20. The van der Waals surface area contributed by atoms with Gasteiger partial charge in [-0.05, 0) is 26.3 Å². The topological polar surface area (TPSA) is 82.6 Å². The molecule has 0 spiro atoms. The Bertz CT molecular complexity index is 887. The van der Waals surface area contributed by atoms with Gasteiger partial charge >= 0.3 is 0 Å². The number of hydrogen-bond donors (Lipinski definition) is 1. The highest BCUT2D eigenvalue weighted by atomic mass is 16.2. The van der Waals surface area contributed by atoms with Crippen molar-refractivity contribution in [3.63, 3.8) is 0 Å². The lowest BCUT2D eigenvalue weighted by Gasteiger charge is -2.05. The summed E-state index contributed by atoms with van der Waals surface area (Å²) in [5.41, 5.74) is 3.62. The van der Waals surface area contributed by atoms with Crippen LogP contribution in [0.5, 0.6) is 0 Å². The Morgan fingerprint density at radius 2 is 2.00 bits per heavy atom. The van der Waals surface area contributed by atoms with Crippen LogP contribution in [0.1, 0.15) is 24.7 Å². The molecule has 0 saturated carbocycles.